The molecule has 5 heteroatoms. The van der Waals surface area contributed by atoms with Crippen LogP contribution in [-0.4, -0.2) is 17.1 Å². The molecule has 1 aromatic carbocycles. The molecule has 2 rings (SSSR count). The van der Waals surface area contributed by atoms with Crippen molar-refractivity contribution in [1.82, 2.24) is 9.97 Å². The molecule has 0 radical (unpaired) electrons. The monoisotopic (exact) mass is 223 g/mol. The van der Waals surface area contributed by atoms with Crippen molar-refractivity contribution < 1.29 is 4.74 Å². The van der Waals surface area contributed by atoms with Gasteiger partial charge in [-0.1, -0.05) is 11.6 Å². The molecule has 0 saturated carbocycles. The summed E-state index contributed by atoms with van der Waals surface area (Å²) in [7, 11) is 1.62. The minimum atomic E-state index is 0.311. The van der Waals surface area contributed by atoms with E-state index in [4.69, 9.17) is 22.1 Å². The molecule has 78 valence electrons. The highest BCUT2D eigenvalue weighted by Gasteiger charge is 2.08. The van der Waals surface area contributed by atoms with Crippen LogP contribution in [0.4, 0.5) is 5.95 Å². The Balaban J connectivity index is 2.41. The summed E-state index contributed by atoms with van der Waals surface area (Å²) < 4.78 is 5.05. The highest BCUT2D eigenvalue weighted by Crippen LogP contribution is 2.27. The van der Waals surface area contributed by atoms with Crippen LogP contribution in [0, 0.1) is 0 Å². The maximum absolute atomic E-state index is 5.92. The normalized spacial score (nSPS) is 10.3. The van der Waals surface area contributed by atoms with Crippen molar-refractivity contribution in [1.29, 1.82) is 0 Å². The highest BCUT2D eigenvalue weighted by molar-refractivity contribution is 6.32. The van der Waals surface area contributed by atoms with E-state index in [0.29, 0.717) is 16.8 Å². The number of benzene rings is 1. The van der Waals surface area contributed by atoms with Crippen LogP contribution in [-0.2, 0) is 0 Å². The number of hydrogen-bond donors (Lipinski definition) is 2. The zero-order valence-electron chi connectivity index (χ0n) is 8.12. The molecule has 0 aliphatic rings. The van der Waals surface area contributed by atoms with Crippen LogP contribution in [0.2, 0.25) is 5.15 Å². The number of hydrogen-bond acceptors (Lipinski definition) is 3. The van der Waals surface area contributed by atoms with Gasteiger partial charge in [-0.15, -0.1) is 0 Å². The zero-order chi connectivity index (χ0) is 10.8. The molecular formula is C10H10ClN3O. The maximum Gasteiger partial charge on any atom is 0.199 e. The lowest BCUT2D eigenvalue weighted by Crippen LogP contribution is -1.86. The number of methoxy groups -OCH3 is 1. The average Bonchev–Trinajstić information content (AvgIpc) is 2.58. The lowest BCUT2D eigenvalue weighted by molar-refractivity contribution is 0.415. The van der Waals surface area contributed by atoms with Gasteiger partial charge in [0.15, 0.2) is 5.95 Å². The summed E-state index contributed by atoms with van der Waals surface area (Å²) in [5.41, 5.74) is 7.04. The van der Waals surface area contributed by atoms with E-state index in [-0.39, 0.29) is 0 Å². The van der Waals surface area contributed by atoms with Gasteiger partial charge in [-0.3, -0.25) is 0 Å². The van der Waals surface area contributed by atoms with Crippen LogP contribution in [0.25, 0.3) is 11.3 Å². The van der Waals surface area contributed by atoms with E-state index >= 15 is 0 Å². The van der Waals surface area contributed by atoms with Crippen molar-refractivity contribution in [3.8, 4) is 17.0 Å². The van der Waals surface area contributed by atoms with Crippen molar-refractivity contribution in [2.24, 2.45) is 0 Å². The topological polar surface area (TPSA) is 63.9 Å². The fourth-order valence-electron chi connectivity index (χ4n) is 1.31. The second-order valence-corrected chi connectivity index (χ2v) is 3.39. The Hall–Kier alpha value is -1.68. The largest absolute Gasteiger partial charge is 0.497 e. The lowest BCUT2D eigenvalue weighted by atomic mass is 10.2. The molecule has 0 fully saturated rings. The van der Waals surface area contributed by atoms with E-state index in [1.807, 2.05) is 24.3 Å². The summed E-state index contributed by atoms with van der Waals surface area (Å²) in [5, 5.41) is 0.442. The van der Waals surface area contributed by atoms with Crippen molar-refractivity contribution in [2.45, 2.75) is 0 Å². The van der Waals surface area contributed by atoms with Gasteiger partial charge in [-0.25, -0.2) is 4.98 Å². The van der Waals surface area contributed by atoms with Gasteiger partial charge >= 0.3 is 0 Å². The van der Waals surface area contributed by atoms with Crippen molar-refractivity contribution in [2.75, 3.05) is 12.8 Å². The van der Waals surface area contributed by atoms with Crippen LogP contribution in [0.5, 0.6) is 5.75 Å². The summed E-state index contributed by atoms with van der Waals surface area (Å²) in [6.07, 6.45) is 0. The number of halogens is 1. The highest BCUT2D eigenvalue weighted by atomic mass is 35.5. The van der Waals surface area contributed by atoms with Gasteiger partial charge in [0.25, 0.3) is 0 Å². The van der Waals surface area contributed by atoms with Crippen molar-refractivity contribution in [3.05, 3.63) is 29.4 Å². The van der Waals surface area contributed by atoms with Gasteiger partial charge in [0.1, 0.15) is 16.6 Å². The molecule has 0 saturated heterocycles. The molecule has 4 nitrogen and oxygen atoms in total. The number of aromatic amines is 1. The molecule has 0 aliphatic carbocycles. The van der Waals surface area contributed by atoms with Gasteiger partial charge in [-0.2, -0.15) is 0 Å². The number of aromatic nitrogens is 2. The van der Waals surface area contributed by atoms with E-state index < -0.39 is 0 Å². The number of nitrogens with two attached hydrogens (primary N) is 1. The number of nitrogens with zero attached hydrogens (tertiary/aromatic N) is 1. The van der Waals surface area contributed by atoms with Crippen LogP contribution in [0.15, 0.2) is 24.3 Å². The molecule has 1 aromatic heterocycles. The number of rotatable bonds is 2. The Kier molecular flexibility index (Phi) is 2.51. The van der Waals surface area contributed by atoms with E-state index in [0.717, 1.165) is 11.3 Å². The lowest BCUT2D eigenvalue weighted by Gasteiger charge is -2.00. The molecule has 3 N–H and O–H groups in total. The van der Waals surface area contributed by atoms with Gasteiger partial charge in [0.05, 0.1) is 7.11 Å². The van der Waals surface area contributed by atoms with Gasteiger partial charge in [-0.05, 0) is 24.3 Å². The molecule has 0 spiro atoms. The second-order valence-electron chi connectivity index (χ2n) is 3.01. The molecule has 0 unspecified atom stereocenters. The van der Waals surface area contributed by atoms with Gasteiger partial charge < -0.3 is 15.5 Å². The van der Waals surface area contributed by atoms with Crippen molar-refractivity contribution in [3.63, 3.8) is 0 Å². The van der Waals surface area contributed by atoms with E-state index in [1.165, 1.54) is 0 Å². The Morgan fingerprint density at radius 1 is 1.33 bits per heavy atom. The van der Waals surface area contributed by atoms with E-state index in [9.17, 15) is 0 Å². The third-order valence-corrected chi connectivity index (χ3v) is 2.31. The van der Waals surface area contributed by atoms with Gasteiger partial charge in [0, 0.05) is 5.56 Å². The standard InChI is InChI=1S/C10H10ClN3O/c1-15-7-4-2-6(3-5-7)8-9(11)14-10(12)13-8/h2-5H,1H3,(H3,12,13,14). The summed E-state index contributed by atoms with van der Waals surface area (Å²) in [6.45, 7) is 0. The molecule has 0 atom stereocenters. The summed E-state index contributed by atoms with van der Waals surface area (Å²) >= 11 is 5.92. The summed E-state index contributed by atoms with van der Waals surface area (Å²) in [5.74, 6) is 1.10. The number of anilines is 1. The SMILES string of the molecule is COc1ccc(-c2nc(N)[nH]c2Cl)cc1. The van der Waals surface area contributed by atoms with Crippen LogP contribution >= 0.6 is 11.6 Å². The Morgan fingerprint density at radius 2 is 2.00 bits per heavy atom. The fraction of sp³-hybridized carbons (Fsp3) is 0.100. The predicted molar refractivity (Wildman–Crippen MR) is 60.0 cm³/mol. The molecule has 1 heterocycles. The quantitative estimate of drug-likeness (QED) is 0.821. The summed E-state index contributed by atoms with van der Waals surface area (Å²) in [4.78, 5) is 6.82. The first-order chi connectivity index (χ1) is 7.20. The molecule has 0 bridgehead atoms. The Bertz CT molecular complexity index is 464. The minimum absolute atomic E-state index is 0.311. The first kappa shape index (κ1) is 9.86. The Morgan fingerprint density at radius 3 is 2.47 bits per heavy atom. The minimum Gasteiger partial charge on any atom is -0.497 e. The van der Waals surface area contributed by atoms with Gasteiger partial charge in [0.2, 0.25) is 0 Å². The van der Waals surface area contributed by atoms with E-state index in [2.05, 4.69) is 9.97 Å². The third kappa shape index (κ3) is 1.89. The molecule has 15 heavy (non-hydrogen) atoms. The second kappa shape index (κ2) is 3.82. The number of H-pyrrole nitrogens is 1. The first-order valence-corrected chi connectivity index (χ1v) is 4.74. The molecule has 0 aliphatic heterocycles. The van der Waals surface area contributed by atoms with Crippen LogP contribution < -0.4 is 10.5 Å². The smallest absolute Gasteiger partial charge is 0.199 e. The van der Waals surface area contributed by atoms with E-state index in [1.54, 1.807) is 7.11 Å². The number of imidazole rings is 1. The molecule has 2 aromatic rings. The summed E-state index contributed by atoms with van der Waals surface area (Å²) in [6, 6.07) is 7.44. The fourth-order valence-corrected chi connectivity index (χ4v) is 1.56. The third-order valence-electron chi connectivity index (χ3n) is 2.04. The predicted octanol–water partition coefficient (Wildman–Crippen LogP) is 2.32. The van der Waals surface area contributed by atoms with Crippen LogP contribution in [0.1, 0.15) is 0 Å². The van der Waals surface area contributed by atoms with Crippen LogP contribution in [0.3, 0.4) is 0 Å². The average molecular weight is 224 g/mol. The first-order valence-electron chi connectivity index (χ1n) is 4.36. The Labute approximate surface area is 92.0 Å². The van der Waals surface area contributed by atoms with Crippen molar-refractivity contribution >= 4 is 17.5 Å². The molecule has 0 amide bonds. The number of ether oxygens (including phenoxy) is 1. The zero-order valence-corrected chi connectivity index (χ0v) is 8.88. The number of nitrogens with one attached hydrogen (secondary N) is 1. The maximum atomic E-state index is 5.92. The number of nitrogen functional groups attached to an aromatic ring is 1. The molecular weight excluding hydrogens is 214 g/mol.